The second kappa shape index (κ2) is 6.63. The van der Waals surface area contributed by atoms with Gasteiger partial charge in [0.1, 0.15) is 5.82 Å². The van der Waals surface area contributed by atoms with Gasteiger partial charge in [0.15, 0.2) is 5.16 Å². The summed E-state index contributed by atoms with van der Waals surface area (Å²) in [6, 6.07) is 1.90. The van der Waals surface area contributed by atoms with Crippen LogP contribution < -0.4 is 5.32 Å². The monoisotopic (exact) mass is 285 g/mol. The summed E-state index contributed by atoms with van der Waals surface area (Å²) in [5.41, 5.74) is -0.0320. The molecule has 1 N–H and O–H groups in total. The zero-order valence-corrected chi connectivity index (χ0v) is 12.4. The summed E-state index contributed by atoms with van der Waals surface area (Å²) >= 11 is 3.56. The van der Waals surface area contributed by atoms with E-state index in [9.17, 15) is 0 Å². The molecule has 100 valence electrons. The first-order valence-electron chi connectivity index (χ1n) is 6.02. The SMILES string of the molecule is COC1(CNc2ccnc(SC)n2)CCSCC1. The van der Waals surface area contributed by atoms with Crippen molar-refractivity contribution in [1.82, 2.24) is 9.97 Å². The van der Waals surface area contributed by atoms with E-state index in [-0.39, 0.29) is 5.60 Å². The van der Waals surface area contributed by atoms with E-state index in [1.165, 1.54) is 11.5 Å². The second-order valence-electron chi connectivity index (χ2n) is 4.28. The van der Waals surface area contributed by atoms with Crippen LogP contribution in [-0.2, 0) is 4.74 Å². The fourth-order valence-electron chi connectivity index (χ4n) is 1.99. The number of thioether (sulfide) groups is 2. The van der Waals surface area contributed by atoms with Crippen LogP contribution >= 0.6 is 23.5 Å². The van der Waals surface area contributed by atoms with Crippen LogP contribution in [0.2, 0.25) is 0 Å². The summed E-state index contributed by atoms with van der Waals surface area (Å²) in [5.74, 6) is 3.23. The minimum absolute atomic E-state index is 0.0320. The highest BCUT2D eigenvalue weighted by molar-refractivity contribution is 7.99. The Labute approximate surface area is 117 Å². The van der Waals surface area contributed by atoms with Crippen LogP contribution in [0.4, 0.5) is 5.82 Å². The van der Waals surface area contributed by atoms with Crippen molar-refractivity contribution in [2.75, 3.05) is 36.7 Å². The van der Waals surface area contributed by atoms with Crippen LogP contribution in [0.25, 0.3) is 0 Å². The van der Waals surface area contributed by atoms with E-state index >= 15 is 0 Å². The fraction of sp³-hybridized carbons (Fsp3) is 0.667. The highest BCUT2D eigenvalue weighted by Gasteiger charge is 2.31. The van der Waals surface area contributed by atoms with Crippen molar-refractivity contribution < 1.29 is 4.74 Å². The standard InChI is InChI=1S/C12H19N3OS2/c1-16-12(4-7-18-8-5-12)9-14-10-3-6-13-11(15-10)17-2/h3,6H,4-5,7-9H2,1-2H3,(H,13,14,15). The first-order valence-corrected chi connectivity index (χ1v) is 8.40. The molecule has 1 aromatic heterocycles. The van der Waals surface area contributed by atoms with Crippen LogP contribution in [0.3, 0.4) is 0 Å². The van der Waals surface area contributed by atoms with E-state index in [0.29, 0.717) is 0 Å². The number of nitrogens with one attached hydrogen (secondary N) is 1. The van der Waals surface area contributed by atoms with Gasteiger partial charge in [0, 0.05) is 19.9 Å². The highest BCUT2D eigenvalue weighted by atomic mass is 32.2. The molecule has 1 fully saturated rings. The van der Waals surface area contributed by atoms with Crippen molar-refractivity contribution in [3.05, 3.63) is 12.3 Å². The number of methoxy groups -OCH3 is 1. The molecule has 0 bridgehead atoms. The lowest BCUT2D eigenvalue weighted by atomic mass is 9.96. The maximum absolute atomic E-state index is 5.73. The van der Waals surface area contributed by atoms with E-state index in [0.717, 1.165) is 30.4 Å². The maximum Gasteiger partial charge on any atom is 0.189 e. The molecule has 1 aliphatic rings. The Bertz CT molecular complexity index is 383. The molecule has 0 spiro atoms. The van der Waals surface area contributed by atoms with Gasteiger partial charge in [0.25, 0.3) is 0 Å². The molecule has 4 nitrogen and oxygen atoms in total. The molecule has 6 heteroatoms. The molecule has 0 radical (unpaired) electrons. The predicted molar refractivity (Wildman–Crippen MR) is 78.6 cm³/mol. The van der Waals surface area contributed by atoms with Crippen molar-refractivity contribution in [3.63, 3.8) is 0 Å². The summed E-state index contributed by atoms with van der Waals surface area (Å²) < 4.78 is 5.73. The molecular weight excluding hydrogens is 266 g/mol. The van der Waals surface area contributed by atoms with Gasteiger partial charge in [-0.3, -0.25) is 0 Å². The maximum atomic E-state index is 5.73. The van der Waals surface area contributed by atoms with Crippen molar-refractivity contribution in [2.24, 2.45) is 0 Å². The van der Waals surface area contributed by atoms with E-state index < -0.39 is 0 Å². The zero-order chi connectivity index (χ0) is 12.8. The van der Waals surface area contributed by atoms with Gasteiger partial charge in [0.05, 0.1) is 5.60 Å². The van der Waals surface area contributed by atoms with Gasteiger partial charge in [-0.25, -0.2) is 9.97 Å². The minimum atomic E-state index is -0.0320. The highest BCUT2D eigenvalue weighted by Crippen LogP contribution is 2.30. The molecule has 1 saturated heterocycles. The number of nitrogens with zero attached hydrogens (tertiary/aromatic N) is 2. The second-order valence-corrected chi connectivity index (χ2v) is 6.28. The molecule has 0 aliphatic carbocycles. The van der Waals surface area contributed by atoms with Crippen LogP contribution in [0.15, 0.2) is 17.4 Å². The van der Waals surface area contributed by atoms with E-state index in [4.69, 9.17) is 4.74 Å². The van der Waals surface area contributed by atoms with Crippen molar-refractivity contribution in [1.29, 1.82) is 0 Å². The van der Waals surface area contributed by atoms with Gasteiger partial charge in [-0.15, -0.1) is 0 Å². The summed E-state index contributed by atoms with van der Waals surface area (Å²) in [7, 11) is 1.81. The lowest BCUT2D eigenvalue weighted by Crippen LogP contribution is -2.42. The number of aromatic nitrogens is 2. The molecule has 2 heterocycles. The largest absolute Gasteiger partial charge is 0.376 e. The Morgan fingerprint density at radius 1 is 1.50 bits per heavy atom. The normalized spacial score (nSPS) is 18.6. The van der Waals surface area contributed by atoms with Gasteiger partial charge in [0.2, 0.25) is 0 Å². The Morgan fingerprint density at radius 2 is 2.28 bits per heavy atom. The molecule has 0 amide bonds. The van der Waals surface area contributed by atoms with Gasteiger partial charge in [-0.05, 0) is 36.7 Å². The molecule has 0 unspecified atom stereocenters. The average Bonchev–Trinajstić information content (AvgIpc) is 2.46. The molecule has 0 saturated carbocycles. The summed E-state index contributed by atoms with van der Waals surface area (Å²) in [4.78, 5) is 8.59. The predicted octanol–water partition coefficient (Wildman–Crippen LogP) is 2.52. The smallest absolute Gasteiger partial charge is 0.189 e. The van der Waals surface area contributed by atoms with Gasteiger partial charge >= 0.3 is 0 Å². The van der Waals surface area contributed by atoms with Crippen LogP contribution in [-0.4, -0.2) is 47.0 Å². The first kappa shape index (κ1) is 14.0. The Hall–Kier alpha value is -0.460. The van der Waals surface area contributed by atoms with Gasteiger partial charge in [-0.2, -0.15) is 11.8 Å². The zero-order valence-electron chi connectivity index (χ0n) is 10.8. The third kappa shape index (κ3) is 3.52. The van der Waals surface area contributed by atoms with Crippen LogP contribution in [0.1, 0.15) is 12.8 Å². The molecule has 0 atom stereocenters. The Morgan fingerprint density at radius 3 is 2.94 bits per heavy atom. The van der Waals surface area contributed by atoms with Crippen molar-refractivity contribution in [3.8, 4) is 0 Å². The molecular formula is C12H19N3OS2. The summed E-state index contributed by atoms with van der Waals surface area (Å²) in [6.45, 7) is 0.814. The third-order valence-corrected chi connectivity index (χ3v) is 4.79. The number of hydrogen-bond acceptors (Lipinski definition) is 6. The molecule has 2 rings (SSSR count). The van der Waals surface area contributed by atoms with Crippen molar-refractivity contribution >= 4 is 29.3 Å². The van der Waals surface area contributed by atoms with E-state index in [1.807, 2.05) is 31.2 Å². The number of ether oxygens (including phenoxy) is 1. The van der Waals surface area contributed by atoms with E-state index in [1.54, 1.807) is 18.0 Å². The lowest BCUT2D eigenvalue weighted by Gasteiger charge is -2.35. The van der Waals surface area contributed by atoms with Gasteiger partial charge < -0.3 is 10.1 Å². The van der Waals surface area contributed by atoms with Crippen LogP contribution in [0.5, 0.6) is 0 Å². The molecule has 1 aromatic rings. The van der Waals surface area contributed by atoms with Gasteiger partial charge in [-0.1, -0.05) is 11.8 Å². The number of rotatable bonds is 5. The lowest BCUT2D eigenvalue weighted by molar-refractivity contribution is -0.00554. The van der Waals surface area contributed by atoms with Crippen LogP contribution in [0, 0.1) is 0 Å². The quantitative estimate of drug-likeness (QED) is 0.662. The average molecular weight is 285 g/mol. The Kier molecular flexibility index (Phi) is 5.14. The molecule has 0 aromatic carbocycles. The number of hydrogen-bond donors (Lipinski definition) is 1. The summed E-state index contributed by atoms with van der Waals surface area (Å²) in [6.07, 6.45) is 5.97. The Balaban J connectivity index is 1.96. The molecule has 18 heavy (non-hydrogen) atoms. The topological polar surface area (TPSA) is 47.0 Å². The molecule has 1 aliphatic heterocycles. The fourth-order valence-corrected chi connectivity index (χ4v) is 3.58. The minimum Gasteiger partial charge on any atom is -0.376 e. The van der Waals surface area contributed by atoms with Crippen molar-refractivity contribution in [2.45, 2.75) is 23.6 Å². The van der Waals surface area contributed by atoms with E-state index in [2.05, 4.69) is 15.3 Å². The summed E-state index contributed by atoms with van der Waals surface area (Å²) in [5, 5.41) is 4.18. The number of anilines is 1. The first-order chi connectivity index (χ1) is 8.78. The third-order valence-electron chi connectivity index (χ3n) is 3.24.